The molecule has 0 saturated carbocycles. The van der Waals surface area contributed by atoms with Crippen molar-refractivity contribution in [3.63, 3.8) is 0 Å². The number of rotatable bonds is 8. The molecule has 3 aliphatic rings. The van der Waals surface area contributed by atoms with Gasteiger partial charge in [0.15, 0.2) is 0 Å². The molecule has 0 aromatic rings. The van der Waals surface area contributed by atoms with Gasteiger partial charge in [-0.2, -0.15) is 0 Å². The fourth-order valence-electron chi connectivity index (χ4n) is 5.40. The zero-order chi connectivity index (χ0) is 27.4. The van der Waals surface area contributed by atoms with Gasteiger partial charge in [-0.25, -0.2) is 4.79 Å². The van der Waals surface area contributed by atoms with Gasteiger partial charge in [0.05, 0.1) is 6.04 Å². The van der Waals surface area contributed by atoms with Crippen molar-refractivity contribution in [2.45, 2.75) is 95.5 Å². The standard InChI is InChI=1S/C24H38N6O7/c1-13(25)21(33)28-10-4-7-16(28)19(31)26-14(2)22(34)29-11-5-8-17(29)20(32)27-15(3)23(35)30-12-6-9-18(30)24(36)37/h13-18H,4-12,25H2,1-3H3,(H,26,31)(H,27,32)(H,36,37). The highest BCUT2D eigenvalue weighted by Crippen LogP contribution is 2.22. The summed E-state index contributed by atoms with van der Waals surface area (Å²) in [5, 5.41) is 14.7. The predicted molar refractivity (Wildman–Crippen MR) is 131 cm³/mol. The van der Waals surface area contributed by atoms with Gasteiger partial charge in [0, 0.05) is 19.6 Å². The summed E-state index contributed by atoms with van der Waals surface area (Å²) in [6.45, 7) is 5.66. The average Bonchev–Trinajstić information content (AvgIpc) is 3.62. The van der Waals surface area contributed by atoms with E-state index in [0.29, 0.717) is 58.2 Å². The van der Waals surface area contributed by atoms with Crippen LogP contribution in [0.3, 0.4) is 0 Å². The number of nitrogens with zero attached hydrogens (tertiary/aromatic N) is 3. The van der Waals surface area contributed by atoms with E-state index < -0.39 is 65.8 Å². The van der Waals surface area contributed by atoms with Crippen molar-refractivity contribution >= 4 is 35.5 Å². The molecule has 5 amide bonds. The van der Waals surface area contributed by atoms with Gasteiger partial charge in [-0.15, -0.1) is 0 Å². The summed E-state index contributed by atoms with van der Waals surface area (Å²) >= 11 is 0. The van der Waals surface area contributed by atoms with Crippen molar-refractivity contribution in [3.8, 4) is 0 Å². The molecule has 13 nitrogen and oxygen atoms in total. The summed E-state index contributed by atoms with van der Waals surface area (Å²) in [6, 6.07) is -5.00. The number of carbonyl (C=O) groups excluding carboxylic acids is 5. The molecule has 37 heavy (non-hydrogen) atoms. The number of aliphatic carboxylic acids is 1. The van der Waals surface area contributed by atoms with E-state index in [2.05, 4.69) is 10.6 Å². The van der Waals surface area contributed by atoms with Gasteiger partial charge < -0.3 is 36.2 Å². The van der Waals surface area contributed by atoms with Gasteiger partial charge in [-0.1, -0.05) is 0 Å². The monoisotopic (exact) mass is 522 g/mol. The van der Waals surface area contributed by atoms with Crippen LogP contribution in [0.15, 0.2) is 0 Å². The number of hydrogen-bond acceptors (Lipinski definition) is 7. The highest BCUT2D eigenvalue weighted by atomic mass is 16.4. The Morgan fingerprint density at radius 1 is 0.676 bits per heavy atom. The van der Waals surface area contributed by atoms with Crippen LogP contribution >= 0.6 is 0 Å². The highest BCUT2D eigenvalue weighted by Gasteiger charge is 2.41. The van der Waals surface area contributed by atoms with Gasteiger partial charge in [0.1, 0.15) is 30.2 Å². The molecule has 6 unspecified atom stereocenters. The van der Waals surface area contributed by atoms with Crippen LogP contribution in [-0.4, -0.2) is 111 Å². The molecule has 0 bridgehead atoms. The largest absolute Gasteiger partial charge is 0.480 e. The predicted octanol–water partition coefficient (Wildman–Crippen LogP) is -1.60. The molecule has 0 radical (unpaired) electrons. The van der Waals surface area contributed by atoms with E-state index in [1.54, 1.807) is 6.92 Å². The first kappa shape index (κ1) is 28.4. The second-order valence-corrected chi connectivity index (χ2v) is 10.2. The van der Waals surface area contributed by atoms with Crippen LogP contribution in [0.25, 0.3) is 0 Å². The van der Waals surface area contributed by atoms with Gasteiger partial charge in [0.2, 0.25) is 29.5 Å². The number of carboxylic acids is 1. The van der Waals surface area contributed by atoms with Gasteiger partial charge in [0.25, 0.3) is 0 Å². The van der Waals surface area contributed by atoms with Gasteiger partial charge >= 0.3 is 5.97 Å². The first-order valence-electron chi connectivity index (χ1n) is 12.9. The molecule has 0 aliphatic carbocycles. The summed E-state index contributed by atoms with van der Waals surface area (Å²) in [7, 11) is 0. The fourth-order valence-corrected chi connectivity index (χ4v) is 5.40. The quantitative estimate of drug-likeness (QED) is 0.294. The van der Waals surface area contributed by atoms with E-state index in [4.69, 9.17) is 5.73 Å². The molecule has 3 fully saturated rings. The van der Waals surface area contributed by atoms with Crippen LogP contribution in [0, 0.1) is 0 Å². The Morgan fingerprint density at radius 2 is 1.03 bits per heavy atom. The first-order chi connectivity index (χ1) is 17.4. The number of likely N-dealkylation sites (tertiary alicyclic amines) is 3. The second kappa shape index (κ2) is 11.9. The molecule has 0 aromatic heterocycles. The molecule has 206 valence electrons. The number of carbonyl (C=O) groups is 6. The maximum atomic E-state index is 13.2. The average molecular weight is 523 g/mol. The van der Waals surface area contributed by atoms with Crippen molar-refractivity contribution in [2.75, 3.05) is 19.6 Å². The van der Waals surface area contributed by atoms with Crippen molar-refractivity contribution in [3.05, 3.63) is 0 Å². The van der Waals surface area contributed by atoms with Crippen LogP contribution < -0.4 is 16.4 Å². The summed E-state index contributed by atoms with van der Waals surface area (Å²) in [5.41, 5.74) is 5.69. The number of hydrogen-bond donors (Lipinski definition) is 4. The van der Waals surface area contributed by atoms with Crippen LogP contribution in [-0.2, 0) is 28.8 Å². The molecular weight excluding hydrogens is 484 g/mol. The van der Waals surface area contributed by atoms with Crippen molar-refractivity contribution in [2.24, 2.45) is 5.73 Å². The maximum absolute atomic E-state index is 13.2. The molecule has 3 heterocycles. The minimum absolute atomic E-state index is 0.315. The number of amides is 5. The Bertz CT molecular complexity index is 941. The third-order valence-electron chi connectivity index (χ3n) is 7.35. The lowest BCUT2D eigenvalue weighted by Gasteiger charge is -2.30. The Kier molecular flexibility index (Phi) is 9.11. The Hall–Kier alpha value is -3.22. The van der Waals surface area contributed by atoms with Crippen LogP contribution in [0.5, 0.6) is 0 Å². The number of nitrogens with one attached hydrogen (secondary N) is 2. The zero-order valence-corrected chi connectivity index (χ0v) is 21.6. The smallest absolute Gasteiger partial charge is 0.326 e. The van der Waals surface area contributed by atoms with E-state index in [1.165, 1.54) is 28.5 Å². The molecule has 5 N–H and O–H groups in total. The minimum atomic E-state index is -1.07. The SMILES string of the molecule is CC(N)C(=O)N1CCCC1C(=O)NC(C)C(=O)N1CCCC1C(=O)NC(C)C(=O)N1CCCC1C(=O)O. The summed E-state index contributed by atoms with van der Waals surface area (Å²) in [4.78, 5) is 79.7. The Balaban J connectivity index is 1.58. The van der Waals surface area contributed by atoms with Crippen LogP contribution in [0.2, 0.25) is 0 Å². The lowest BCUT2D eigenvalue weighted by molar-refractivity contribution is -0.149. The maximum Gasteiger partial charge on any atom is 0.326 e. The number of carboxylic acid groups (broad SMARTS) is 1. The Labute approximate surface area is 216 Å². The van der Waals surface area contributed by atoms with Gasteiger partial charge in [-0.3, -0.25) is 24.0 Å². The van der Waals surface area contributed by atoms with Crippen LogP contribution in [0.4, 0.5) is 0 Å². The zero-order valence-electron chi connectivity index (χ0n) is 21.6. The molecule has 0 aromatic carbocycles. The van der Waals surface area contributed by atoms with E-state index in [1.807, 2.05) is 0 Å². The third kappa shape index (κ3) is 6.20. The van der Waals surface area contributed by atoms with E-state index in [9.17, 15) is 33.9 Å². The van der Waals surface area contributed by atoms with Crippen molar-refractivity contribution < 1.29 is 33.9 Å². The Morgan fingerprint density at radius 3 is 1.41 bits per heavy atom. The summed E-state index contributed by atoms with van der Waals surface area (Å²) < 4.78 is 0. The lowest BCUT2D eigenvalue weighted by atomic mass is 10.1. The molecule has 0 spiro atoms. The van der Waals surface area contributed by atoms with E-state index >= 15 is 0 Å². The third-order valence-corrected chi connectivity index (χ3v) is 7.35. The van der Waals surface area contributed by atoms with E-state index in [-0.39, 0.29) is 5.91 Å². The summed E-state index contributed by atoms with van der Waals surface area (Å²) in [6.07, 6.45) is 3.07. The normalized spacial score (nSPS) is 25.9. The molecule has 3 aliphatic heterocycles. The molecule has 13 heteroatoms. The van der Waals surface area contributed by atoms with E-state index in [0.717, 1.165) is 0 Å². The minimum Gasteiger partial charge on any atom is -0.480 e. The van der Waals surface area contributed by atoms with Crippen LogP contribution in [0.1, 0.15) is 59.3 Å². The highest BCUT2D eigenvalue weighted by molar-refractivity contribution is 5.96. The fraction of sp³-hybridized carbons (Fsp3) is 0.750. The first-order valence-corrected chi connectivity index (χ1v) is 12.9. The number of nitrogens with two attached hydrogens (primary N) is 1. The molecule has 6 atom stereocenters. The van der Waals surface area contributed by atoms with Gasteiger partial charge in [-0.05, 0) is 59.3 Å². The van der Waals surface area contributed by atoms with Crippen molar-refractivity contribution in [1.82, 2.24) is 25.3 Å². The molecule has 3 rings (SSSR count). The second-order valence-electron chi connectivity index (χ2n) is 10.2. The molecular formula is C24H38N6O7. The topological polar surface area (TPSA) is 182 Å². The lowest BCUT2D eigenvalue weighted by Crippen LogP contribution is -2.57. The summed E-state index contributed by atoms with van der Waals surface area (Å²) in [5.74, 6) is -3.24. The molecule has 3 saturated heterocycles. The van der Waals surface area contributed by atoms with Crippen molar-refractivity contribution in [1.29, 1.82) is 0 Å².